The van der Waals surface area contributed by atoms with E-state index >= 15 is 0 Å². The number of benzene rings is 1. The van der Waals surface area contributed by atoms with E-state index in [1.54, 1.807) is 22.8 Å². The molecule has 1 aromatic carbocycles. The van der Waals surface area contributed by atoms with E-state index < -0.39 is 35.6 Å². The van der Waals surface area contributed by atoms with E-state index in [4.69, 9.17) is 9.47 Å². The third-order valence-corrected chi connectivity index (χ3v) is 9.10. The van der Waals surface area contributed by atoms with Gasteiger partial charge in [-0.25, -0.2) is 0 Å². The van der Waals surface area contributed by atoms with Crippen LogP contribution in [-0.2, 0) is 23.9 Å². The van der Waals surface area contributed by atoms with Gasteiger partial charge < -0.3 is 29.3 Å². The number of carbonyl (C=O) groups is 3. The van der Waals surface area contributed by atoms with Crippen LogP contribution in [-0.4, -0.2) is 89.8 Å². The second kappa shape index (κ2) is 12.4. The first-order valence-electron chi connectivity index (χ1n) is 14.0. The number of hydrogen-bond donors (Lipinski definition) is 1. The molecule has 3 aliphatic heterocycles. The third kappa shape index (κ3) is 5.11. The van der Waals surface area contributed by atoms with Crippen LogP contribution in [0, 0.1) is 11.8 Å². The average Bonchev–Trinajstić information content (AvgIpc) is 3.52. The van der Waals surface area contributed by atoms with E-state index in [2.05, 4.69) is 41.3 Å². The smallest absolute Gasteiger partial charge is 0.312 e. The van der Waals surface area contributed by atoms with E-state index in [1.807, 2.05) is 24.3 Å². The fraction of sp³-hybridized carbons (Fsp3) is 0.621. The van der Waals surface area contributed by atoms with Crippen molar-refractivity contribution in [3.05, 3.63) is 36.9 Å². The lowest BCUT2D eigenvalue weighted by atomic mass is 9.70. The van der Waals surface area contributed by atoms with Gasteiger partial charge in [-0.3, -0.25) is 14.4 Å². The highest BCUT2D eigenvalue weighted by Gasteiger charge is 2.77. The van der Waals surface area contributed by atoms with Crippen LogP contribution < -0.4 is 9.80 Å². The van der Waals surface area contributed by atoms with Crippen LogP contribution in [0.1, 0.15) is 40.0 Å². The number of amides is 2. The molecule has 0 radical (unpaired) electrons. The number of nitrogens with zero attached hydrogens (tertiary/aromatic N) is 3. The van der Waals surface area contributed by atoms with Crippen molar-refractivity contribution in [1.82, 2.24) is 4.90 Å². The van der Waals surface area contributed by atoms with Crippen LogP contribution in [0.4, 0.5) is 11.4 Å². The Balaban J connectivity index is 1.73. The predicted octanol–water partition coefficient (Wildman–Crippen LogP) is 3.14. The Bertz CT molecular complexity index is 1060. The van der Waals surface area contributed by atoms with Gasteiger partial charge >= 0.3 is 5.97 Å². The zero-order valence-corrected chi connectivity index (χ0v) is 24.6. The molecule has 3 heterocycles. The Morgan fingerprint density at radius 1 is 1.21 bits per heavy atom. The standard InChI is InChI=1S/C29H40BrN3O6/c1-5-15-32(20-13-11-19(12-14-20)31(6-2)7-3)27(36)25-29-18-21(30)24(39-29)22(28(37)38-8-4)23(29)26(35)33(25)16-9-10-17-34/h5,11-14,21-25,34H,1,6-10,15-18H2,2-4H3/t21?,22-,23+,24-,25?,29?/m1/s1. The van der Waals surface area contributed by atoms with Crippen LogP contribution in [0.2, 0.25) is 0 Å². The number of aliphatic hydroxyl groups is 1. The van der Waals surface area contributed by atoms with Crippen LogP contribution in [0.25, 0.3) is 0 Å². The van der Waals surface area contributed by atoms with E-state index in [-0.39, 0.29) is 42.9 Å². The molecule has 0 saturated carbocycles. The molecule has 3 aliphatic rings. The molecular formula is C29H40BrN3O6. The van der Waals surface area contributed by atoms with Crippen molar-refractivity contribution in [2.45, 2.75) is 62.6 Å². The minimum absolute atomic E-state index is 0.00973. The summed E-state index contributed by atoms with van der Waals surface area (Å²) >= 11 is 3.67. The normalized spacial score (nSPS) is 28.9. The number of fused-ring (bicyclic) bond motifs is 1. The molecule has 214 valence electrons. The lowest BCUT2D eigenvalue weighted by molar-refractivity contribution is -0.154. The summed E-state index contributed by atoms with van der Waals surface area (Å²) in [6.45, 7) is 12.3. The molecular weight excluding hydrogens is 566 g/mol. The SMILES string of the molecule is C=CCN(C(=O)C1N(CCCCO)C(=O)[C@@H]2[C@@H](C(=O)OCC)[C@@H]3OC12CC3Br)c1ccc(N(CC)CC)cc1. The van der Waals surface area contributed by atoms with Crippen molar-refractivity contribution < 1.29 is 29.0 Å². The molecule has 6 atom stereocenters. The van der Waals surface area contributed by atoms with Gasteiger partial charge in [-0.1, -0.05) is 22.0 Å². The van der Waals surface area contributed by atoms with Crippen molar-refractivity contribution in [2.24, 2.45) is 11.8 Å². The van der Waals surface area contributed by atoms with E-state index in [1.165, 1.54) is 0 Å². The van der Waals surface area contributed by atoms with Gasteiger partial charge in [-0.05, 0) is 64.3 Å². The minimum Gasteiger partial charge on any atom is -0.466 e. The van der Waals surface area contributed by atoms with Gasteiger partial charge in [-0.15, -0.1) is 6.58 Å². The Labute approximate surface area is 239 Å². The number of esters is 1. The summed E-state index contributed by atoms with van der Waals surface area (Å²) in [6.07, 6.45) is 2.57. The Kier molecular flexibility index (Phi) is 9.39. The minimum atomic E-state index is -1.15. The van der Waals surface area contributed by atoms with Gasteiger partial charge in [0.05, 0.1) is 24.5 Å². The molecule has 39 heavy (non-hydrogen) atoms. The maximum absolute atomic E-state index is 14.5. The fourth-order valence-corrected chi connectivity index (χ4v) is 7.53. The number of carbonyl (C=O) groups excluding carboxylic acids is 3. The number of halogens is 1. The molecule has 0 aromatic heterocycles. The van der Waals surface area contributed by atoms with Gasteiger partial charge in [0.25, 0.3) is 5.91 Å². The molecule has 1 spiro atoms. The first-order valence-corrected chi connectivity index (χ1v) is 14.9. The van der Waals surface area contributed by atoms with Gasteiger partial charge in [0.2, 0.25) is 5.91 Å². The molecule has 0 aliphatic carbocycles. The van der Waals surface area contributed by atoms with E-state index in [9.17, 15) is 19.5 Å². The van der Waals surface area contributed by atoms with E-state index in [0.29, 0.717) is 24.9 Å². The summed E-state index contributed by atoms with van der Waals surface area (Å²) in [5.41, 5.74) is 0.611. The largest absolute Gasteiger partial charge is 0.466 e. The molecule has 1 aromatic rings. The van der Waals surface area contributed by atoms with Gasteiger partial charge in [0.1, 0.15) is 11.6 Å². The number of rotatable bonds is 13. The Hall–Kier alpha value is -2.43. The average molecular weight is 607 g/mol. The highest BCUT2D eigenvalue weighted by atomic mass is 79.9. The number of ether oxygens (including phenoxy) is 2. The molecule has 3 fully saturated rings. The van der Waals surface area contributed by atoms with Crippen LogP contribution in [0.15, 0.2) is 36.9 Å². The van der Waals surface area contributed by atoms with E-state index in [0.717, 1.165) is 18.8 Å². The summed E-state index contributed by atoms with van der Waals surface area (Å²) in [4.78, 5) is 46.8. The fourth-order valence-electron chi connectivity index (χ4n) is 6.58. The molecule has 3 saturated heterocycles. The third-order valence-electron chi connectivity index (χ3n) is 8.26. The zero-order chi connectivity index (χ0) is 28.3. The molecule has 9 nitrogen and oxygen atoms in total. The topological polar surface area (TPSA) is 99.6 Å². The highest BCUT2D eigenvalue weighted by molar-refractivity contribution is 9.09. The molecule has 2 bridgehead atoms. The van der Waals surface area contributed by atoms with Crippen molar-refractivity contribution in [3.8, 4) is 0 Å². The van der Waals surface area contributed by atoms with Crippen LogP contribution >= 0.6 is 15.9 Å². The maximum Gasteiger partial charge on any atom is 0.312 e. The van der Waals surface area contributed by atoms with Crippen molar-refractivity contribution in [3.63, 3.8) is 0 Å². The van der Waals surface area contributed by atoms with Gasteiger partial charge in [0, 0.05) is 49.0 Å². The highest BCUT2D eigenvalue weighted by Crippen LogP contribution is 2.60. The lowest BCUT2D eigenvalue weighted by Crippen LogP contribution is -2.57. The second-order valence-corrected chi connectivity index (χ2v) is 11.5. The summed E-state index contributed by atoms with van der Waals surface area (Å²) in [5, 5.41) is 9.37. The number of alkyl halides is 1. The van der Waals surface area contributed by atoms with Gasteiger partial charge in [0.15, 0.2) is 0 Å². The number of anilines is 2. The summed E-state index contributed by atoms with van der Waals surface area (Å²) in [6, 6.07) is 6.90. The number of hydrogen-bond acceptors (Lipinski definition) is 7. The summed E-state index contributed by atoms with van der Waals surface area (Å²) in [7, 11) is 0. The lowest BCUT2D eigenvalue weighted by Gasteiger charge is -2.37. The molecule has 4 rings (SSSR count). The number of unbranched alkanes of at least 4 members (excludes halogenated alkanes) is 1. The van der Waals surface area contributed by atoms with Gasteiger partial charge in [-0.2, -0.15) is 0 Å². The van der Waals surface area contributed by atoms with Crippen molar-refractivity contribution in [2.75, 3.05) is 49.2 Å². The zero-order valence-electron chi connectivity index (χ0n) is 23.1. The quantitative estimate of drug-likeness (QED) is 0.160. The van der Waals surface area contributed by atoms with Crippen molar-refractivity contribution in [1.29, 1.82) is 0 Å². The number of aliphatic hydroxyl groups excluding tert-OH is 1. The monoisotopic (exact) mass is 605 g/mol. The summed E-state index contributed by atoms with van der Waals surface area (Å²) in [5.74, 6) is -2.58. The predicted molar refractivity (Wildman–Crippen MR) is 153 cm³/mol. The van der Waals surface area contributed by atoms with Crippen LogP contribution in [0.3, 0.4) is 0 Å². The Morgan fingerprint density at radius 3 is 2.46 bits per heavy atom. The molecule has 3 unspecified atom stereocenters. The first kappa shape index (κ1) is 29.6. The first-order chi connectivity index (χ1) is 18.8. The molecule has 2 amide bonds. The summed E-state index contributed by atoms with van der Waals surface area (Å²) < 4.78 is 11.9. The van der Waals surface area contributed by atoms with Crippen molar-refractivity contribution >= 4 is 45.1 Å². The number of likely N-dealkylation sites (tertiary alicyclic amines) is 1. The second-order valence-electron chi connectivity index (χ2n) is 10.3. The Morgan fingerprint density at radius 2 is 1.87 bits per heavy atom. The van der Waals surface area contributed by atoms with Crippen LogP contribution in [0.5, 0.6) is 0 Å². The maximum atomic E-state index is 14.5. The molecule has 10 heteroatoms. The molecule has 1 N–H and O–H groups in total.